The molecule has 2 rings (SSSR count). The van der Waals surface area contributed by atoms with Crippen molar-refractivity contribution >= 4 is 15.9 Å². The first-order chi connectivity index (χ1) is 8.29. The van der Waals surface area contributed by atoms with Crippen LogP contribution in [0.1, 0.15) is 30.7 Å². The molecule has 0 spiro atoms. The summed E-state index contributed by atoms with van der Waals surface area (Å²) in [6, 6.07) is 8.52. The van der Waals surface area contributed by atoms with Gasteiger partial charge in [0.1, 0.15) is 0 Å². The van der Waals surface area contributed by atoms with Crippen LogP contribution >= 0.6 is 15.9 Å². The summed E-state index contributed by atoms with van der Waals surface area (Å²) in [7, 11) is 0. The summed E-state index contributed by atoms with van der Waals surface area (Å²) >= 11 is 3.52. The minimum atomic E-state index is 0.482. The Morgan fingerprint density at radius 1 is 1.35 bits per heavy atom. The third-order valence-electron chi connectivity index (χ3n) is 3.56. The van der Waals surface area contributed by atoms with Crippen LogP contribution in [0, 0.1) is 5.92 Å². The molecule has 17 heavy (non-hydrogen) atoms. The second-order valence-electron chi connectivity index (χ2n) is 4.78. The third kappa shape index (κ3) is 3.80. The van der Waals surface area contributed by atoms with Crippen molar-refractivity contribution in [3.05, 3.63) is 34.3 Å². The average molecular weight is 298 g/mol. The lowest BCUT2D eigenvalue weighted by Crippen LogP contribution is -2.21. The van der Waals surface area contributed by atoms with E-state index in [4.69, 9.17) is 10.5 Å². The Labute approximate surface area is 112 Å². The minimum absolute atomic E-state index is 0.482. The molecular weight excluding hydrogens is 278 g/mol. The first-order valence-corrected chi connectivity index (χ1v) is 7.12. The fraction of sp³-hybridized carbons (Fsp3) is 0.571. The first kappa shape index (κ1) is 13.1. The van der Waals surface area contributed by atoms with Crippen LogP contribution in [0.5, 0.6) is 0 Å². The SMILES string of the molecule is NCC(CC1CCOCC1)c1cccc(Br)c1. The van der Waals surface area contributed by atoms with Gasteiger partial charge < -0.3 is 10.5 Å². The van der Waals surface area contributed by atoms with Crippen molar-refractivity contribution in [2.24, 2.45) is 11.7 Å². The van der Waals surface area contributed by atoms with Gasteiger partial charge in [0.2, 0.25) is 0 Å². The van der Waals surface area contributed by atoms with Gasteiger partial charge in [0.15, 0.2) is 0 Å². The summed E-state index contributed by atoms with van der Waals surface area (Å²) in [4.78, 5) is 0. The van der Waals surface area contributed by atoms with Crippen LogP contribution in [0.15, 0.2) is 28.7 Å². The maximum Gasteiger partial charge on any atom is 0.0468 e. The van der Waals surface area contributed by atoms with Gasteiger partial charge in [-0.2, -0.15) is 0 Å². The molecule has 1 heterocycles. The highest BCUT2D eigenvalue weighted by atomic mass is 79.9. The van der Waals surface area contributed by atoms with E-state index in [2.05, 4.69) is 40.2 Å². The predicted octanol–water partition coefficient (Wildman–Crippen LogP) is 3.31. The zero-order valence-corrected chi connectivity index (χ0v) is 11.7. The maximum absolute atomic E-state index is 5.93. The van der Waals surface area contributed by atoms with Crippen LogP contribution in [0.3, 0.4) is 0 Å². The van der Waals surface area contributed by atoms with Gasteiger partial charge in [0, 0.05) is 17.7 Å². The second-order valence-corrected chi connectivity index (χ2v) is 5.69. The summed E-state index contributed by atoms with van der Waals surface area (Å²) in [6.45, 7) is 2.56. The van der Waals surface area contributed by atoms with Crippen LogP contribution < -0.4 is 5.73 Å². The number of benzene rings is 1. The Kier molecular flexibility index (Phi) is 5.01. The molecule has 0 radical (unpaired) electrons. The van der Waals surface area contributed by atoms with Crippen molar-refractivity contribution in [1.29, 1.82) is 0 Å². The highest BCUT2D eigenvalue weighted by Crippen LogP contribution is 2.29. The molecule has 0 bridgehead atoms. The fourth-order valence-electron chi connectivity index (χ4n) is 2.51. The van der Waals surface area contributed by atoms with Crippen LogP contribution in [0.2, 0.25) is 0 Å². The fourth-order valence-corrected chi connectivity index (χ4v) is 2.93. The van der Waals surface area contributed by atoms with Gasteiger partial charge in [-0.15, -0.1) is 0 Å². The molecule has 0 amide bonds. The van der Waals surface area contributed by atoms with E-state index in [1.165, 1.54) is 24.8 Å². The standard InChI is InChI=1S/C14H20BrNO/c15-14-3-1-2-12(9-14)13(10-16)8-11-4-6-17-7-5-11/h1-3,9,11,13H,4-8,10,16H2. The summed E-state index contributed by atoms with van der Waals surface area (Å²) in [5.74, 6) is 1.26. The van der Waals surface area contributed by atoms with Crippen molar-refractivity contribution in [2.75, 3.05) is 19.8 Å². The molecule has 0 saturated carbocycles. The molecule has 2 N–H and O–H groups in total. The molecule has 3 heteroatoms. The van der Waals surface area contributed by atoms with E-state index < -0.39 is 0 Å². The Morgan fingerprint density at radius 3 is 2.76 bits per heavy atom. The first-order valence-electron chi connectivity index (χ1n) is 6.33. The van der Waals surface area contributed by atoms with Crippen LogP contribution in [-0.2, 0) is 4.74 Å². The molecule has 1 fully saturated rings. The quantitative estimate of drug-likeness (QED) is 0.925. The number of hydrogen-bond donors (Lipinski definition) is 1. The molecule has 1 saturated heterocycles. The van der Waals surface area contributed by atoms with Gasteiger partial charge >= 0.3 is 0 Å². The van der Waals surface area contributed by atoms with E-state index in [-0.39, 0.29) is 0 Å². The van der Waals surface area contributed by atoms with Gasteiger partial charge in [0.05, 0.1) is 0 Å². The number of nitrogens with two attached hydrogens (primary N) is 1. The summed E-state index contributed by atoms with van der Waals surface area (Å²) in [5, 5.41) is 0. The van der Waals surface area contributed by atoms with Crippen molar-refractivity contribution in [3.8, 4) is 0 Å². The summed E-state index contributed by atoms with van der Waals surface area (Å²) in [5.41, 5.74) is 7.28. The molecule has 0 aromatic heterocycles. The zero-order chi connectivity index (χ0) is 12.1. The average Bonchev–Trinajstić information content (AvgIpc) is 2.37. The lowest BCUT2D eigenvalue weighted by molar-refractivity contribution is 0.0619. The van der Waals surface area contributed by atoms with Gasteiger partial charge in [-0.05, 0) is 55.3 Å². The largest absolute Gasteiger partial charge is 0.381 e. The van der Waals surface area contributed by atoms with E-state index in [0.29, 0.717) is 5.92 Å². The molecule has 1 aliphatic heterocycles. The lowest BCUT2D eigenvalue weighted by atomic mass is 9.85. The maximum atomic E-state index is 5.93. The summed E-state index contributed by atoms with van der Waals surface area (Å²) < 4.78 is 6.54. The Bertz CT molecular complexity index is 350. The van der Waals surface area contributed by atoms with Crippen LogP contribution in [0.25, 0.3) is 0 Å². The molecule has 2 nitrogen and oxygen atoms in total. The smallest absolute Gasteiger partial charge is 0.0468 e. The van der Waals surface area contributed by atoms with Crippen molar-refractivity contribution in [3.63, 3.8) is 0 Å². The third-order valence-corrected chi connectivity index (χ3v) is 4.06. The molecular formula is C14H20BrNO. The Balaban J connectivity index is 2.00. The molecule has 0 aliphatic carbocycles. The van der Waals surface area contributed by atoms with Crippen molar-refractivity contribution in [2.45, 2.75) is 25.2 Å². The molecule has 1 atom stereocenters. The topological polar surface area (TPSA) is 35.2 Å². The Morgan fingerprint density at radius 2 is 2.12 bits per heavy atom. The monoisotopic (exact) mass is 297 g/mol. The van der Waals surface area contributed by atoms with Gasteiger partial charge in [-0.1, -0.05) is 28.1 Å². The number of rotatable bonds is 4. The zero-order valence-electron chi connectivity index (χ0n) is 10.1. The van der Waals surface area contributed by atoms with Gasteiger partial charge in [0.25, 0.3) is 0 Å². The number of halogens is 1. The van der Waals surface area contributed by atoms with Crippen LogP contribution in [-0.4, -0.2) is 19.8 Å². The normalized spacial score (nSPS) is 19.2. The van der Waals surface area contributed by atoms with E-state index in [1.54, 1.807) is 0 Å². The van der Waals surface area contributed by atoms with Crippen LogP contribution in [0.4, 0.5) is 0 Å². The van der Waals surface area contributed by atoms with E-state index in [1.807, 2.05) is 0 Å². The van der Waals surface area contributed by atoms with E-state index in [0.717, 1.165) is 30.1 Å². The predicted molar refractivity (Wildman–Crippen MR) is 74.1 cm³/mol. The van der Waals surface area contributed by atoms with Gasteiger partial charge in [-0.3, -0.25) is 0 Å². The molecule has 1 unspecified atom stereocenters. The molecule has 94 valence electrons. The number of hydrogen-bond acceptors (Lipinski definition) is 2. The molecule has 1 aromatic carbocycles. The molecule has 1 aromatic rings. The second kappa shape index (κ2) is 6.53. The molecule has 1 aliphatic rings. The van der Waals surface area contributed by atoms with Crippen molar-refractivity contribution < 1.29 is 4.74 Å². The van der Waals surface area contributed by atoms with Gasteiger partial charge in [-0.25, -0.2) is 0 Å². The highest BCUT2D eigenvalue weighted by molar-refractivity contribution is 9.10. The lowest BCUT2D eigenvalue weighted by Gasteiger charge is -2.26. The Hall–Kier alpha value is -0.380. The van der Waals surface area contributed by atoms with Crippen molar-refractivity contribution in [1.82, 2.24) is 0 Å². The summed E-state index contributed by atoms with van der Waals surface area (Å²) in [6.07, 6.45) is 3.56. The highest BCUT2D eigenvalue weighted by Gasteiger charge is 2.19. The minimum Gasteiger partial charge on any atom is -0.381 e. The number of ether oxygens (including phenoxy) is 1. The van der Waals surface area contributed by atoms with E-state index >= 15 is 0 Å². The van der Waals surface area contributed by atoms with E-state index in [9.17, 15) is 0 Å².